The van der Waals surface area contributed by atoms with Crippen molar-refractivity contribution in [3.63, 3.8) is 0 Å². The Morgan fingerprint density at radius 2 is 2.09 bits per heavy atom. The predicted molar refractivity (Wildman–Crippen MR) is 39.9 cm³/mol. The van der Waals surface area contributed by atoms with Gasteiger partial charge in [0.1, 0.15) is 0 Å². The average molecular weight is 158 g/mol. The van der Waals surface area contributed by atoms with Crippen LogP contribution in [-0.2, 0) is 4.79 Å². The average Bonchev–Trinajstić information content (AvgIpc) is 2.04. The summed E-state index contributed by atoms with van der Waals surface area (Å²) < 4.78 is 0. The van der Waals surface area contributed by atoms with Gasteiger partial charge < -0.3 is 5.73 Å². The maximum Gasteiger partial charge on any atom is 0.248 e. The monoisotopic (exact) mass is 158 g/mol. The van der Waals surface area contributed by atoms with Crippen LogP contribution in [0.25, 0.3) is 0 Å². The molecular formula is C7H14N2O2. The van der Waals surface area contributed by atoms with Crippen molar-refractivity contribution in [2.45, 2.75) is 31.7 Å². The molecule has 64 valence electrons. The highest BCUT2D eigenvalue weighted by atomic mass is 16.5. The number of nitrogens with two attached hydrogens (primary N) is 1. The van der Waals surface area contributed by atoms with Crippen molar-refractivity contribution in [2.24, 2.45) is 11.7 Å². The van der Waals surface area contributed by atoms with Crippen molar-refractivity contribution < 1.29 is 10.0 Å². The van der Waals surface area contributed by atoms with E-state index in [1.807, 2.05) is 0 Å². The number of hydroxylamine groups is 1. The summed E-state index contributed by atoms with van der Waals surface area (Å²) in [6.45, 7) is 0. The Morgan fingerprint density at radius 1 is 1.45 bits per heavy atom. The fourth-order valence-corrected chi connectivity index (χ4v) is 1.57. The lowest BCUT2D eigenvalue weighted by Crippen LogP contribution is -2.42. The first-order valence-corrected chi connectivity index (χ1v) is 3.95. The SMILES string of the molecule is N[C@@H]1CCCC[C@@H]1C(=O)NO. The topological polar surface area (TPSA) is 75.4 Å². The number of amides is 1. The van der Waals surface area contributed by atoms with E-state index in [-0.39, 0.29) is 17.9 Å². The first-order valence-electron chi connectivity index (χ1n) is 3.95. The molecule has 0 heterocycles. The fourth-order valence-electron chi connectivity index (χ4n) is 1.57. The summed E-state index contributed by atoms with van der Waals surface area (Å²) in [4.78, 5) is 10.9. The molecule has 2 atom stereocenters. The van der Waals surface area contributed by atoms with Crippen molar-refractivity contribution in [1.82, 2.24) is 5.48 Å². The Morgan fingerprint density at radius 3 is 2.64 bits per heavy atom. The smallest absolute Gasteiger partial charge is 0.248 e. The third-order valence-electron chi connectivity index (χ3n) is 2.27. The van der Waals surface area contributed by atoms with Gasteiger partial charge in [-0.15, -0.1) is 0 Å². The molecule has 0 unspecified atom stereocenters. The lowest BCUT2D eigenvalue weighted by atomic mass is 9.85. The molecule has 1 saturated carbocycles. The van der Waals surface area contributed by atoms with E-state index in [0.29, 0.717) is 0 Å². The molecule has 1 aliphatic rings. The quantitative estimate of drug-likeness (QED) is 0.371. The van der Waals surface area contributed by atoms with Crippen LogP contribution in [0, 0.1) is 5.92 Å². The maximum absolute atomic E-state index is 10.9. The second-order valence-corrected chi connectivity index (χ2v) is 3.03. The molecule has 0 radical (unpaired) electrons. The lowest BCUT2D eigenvalue weighted by Gasteiger charge is -2.26. The van der Waals surface area contributed by atoms with Crippen LogP contribution in [-0.4, -0.2) is 17.2 Å². The molecule has 4 heteroatoms. The third kappa shape index (κ3) is 1.91. The van der Waals surface area contributed by atoms with Gasteiger partial charge in [-0.2, -0.15) is 0 Å². The summed E-state index contributed by atoms with van der Waals surface area (Å²) in [6.07, 6.45) is 3.81. The van der Waals surface area contributed by atoms with E-state index < -0.39 is 0 Å². The standard InChI is InChI=1S/C7H14N2O2/c8-6-4-2-1-3-5(6)7(10)9-11/h5-6,11H,1-4,8H2,(H,9,10)/t5-,6+/m0/s1. The van der Waals surface area contributed by atoms with E-state index in [2.05, 4.69) is 0 Å². The van der Waals surface area contributed by atoms with Crippen molar-refractivity contribution in [2.75, 3.05) is 0 Å². The van der Waals surface area contributed by atoms with Crippen LogP contribution >= 0.6 is 0 Å². The molecule has 0 aromatic rings. The van der Waals surface area contributed by atoms with E-state index >= 15 is 0 Å². The van der Waals surface area contributed by atoms with Gasteiger partial charge in [0.05, 0.1) is 5.92 Å². The molecular weight excluding hydrogens is 144 g/mol. The lowest BCUT2D eigenvalue weighted by molar-refractivity contribution is -0.134. The summed E-state index contributed by atoms with van der Waals surface area (Å²) in [7, 11) is 0. The van der Waals surface area contributed by atoms with E-state index in [9.17, 15) is 4.79 Å². The van der Waals surface area contributed by atoms with Gasteiger partial charge in [-0.25, -0.2) is 5.48 Å². The number of carbonyl (C=O) groups is 1. The van der Waals surface area contributed by atoms with E-state index in [1.54, 1.807) is 5.48 Å². The highest BCUT2D eigenvalue weighted by Gasteiger charge is 2.27. The molecule has 11 heavy (non-hydrogen) atoms. The van der Waals surface area contributed by atoms with Crippen LogP contribution < -0.4 is 11.2 Å². The molecule has 1 amide bonds. The number of hydrogen-bond acceptors (Lipinski definition) is 3. The molecule has 4 N–H and O–H groups in total. The summed E-state index contributed by atoms with van der Waals surface area (Å²) in [6, 6.07) is -0.0732. The minimum Gasteiger partial charge on any atom is -0.327 e. The van der Waals surface area contributed by atoms with Crippen LogP contribution in [0.4, 0.5) is 0 Å². The number of rotatable bonds is 1. The number of nitrogens with one attached hydrogen (secondary N) is 1. The van der Waals surface area contributed by atoms with Crippen LogP contribution in [0.2, 0.25) is 0 Å². The van der Waals surface area contributed by atoms with Crippen molar-refractivity contribution in [1.29, 1.82) is 0 Å². The molecule has 1 rings (SSSR count). The van der Waals surface area contributed by atoms with Crippen LogP contribution in [0.5, 0.6) is 0 Å². The van der Waals surface area contributed by atoms with Crippen LogP contribution in [0.1, 0.15) is 25.7 Å². The minimum atomic E-state index is -0.336. The van der Waals surface area contributed by atoms with Gasteiger partial charge in [0, 0.05) is 6.04 Å². The summed E-state index contributed by atoms with van der Waals surface area (Å²) >= 11 is 0. The van der Waals surface area contributed by atoms with E-state index in [1.165, 1.54) is 0 Å². The zero-order valence-electron chi connectivity index (χ0n) is 6.42. The van der Waals surface area contributed by atoms with Crippen LogP contribution in [0.3, 0.4) is 0 Å². The van der Waals surface area contributed by atoms with E-state index in [0.717, 1.165) is 25.7 Å². The third-order valence-corrected chi connectivity index (χ3v) is 2.27. The largest absolute Gasteiger partial charge is 0.327 e. The van der Waals surface area contributed by atoms with Crippen molar-refractivity contribution >= 4 is 5.91 Å². The van der Waals surface area contributed by atoms with Gasteiger partial charge in [-0.3, -0.25) is 10.0 Å². The first kappa shape index (κ1) is 8.49. The minimum absolute atomic E-state index is 0.0732. The van der Waals surface area contributed by atoms with Gasteiger partial charge >= 0.3 is 0 Å². The summed E-state index contributed by atoms with van der Waals surface area (Å²) in [5.41, 5.74) is 7.33. The molecule has 4 nitrogen and oxygen atoms in total. The van der Waals surface area contributed by atoms with Crippen molar-refractivity contribution in [3.05, 3.63) is 0 Å². The molecule has 0 aliphatic heterocycles. The van der Waals surface area contributed by atoms with Gasteiger partial charge in [0.15, 0.2) is 0 Å². The Kier molecular flexibility index (Phi) is 2.84. The molecule has 0 aromatic carbocycles. The van der Waals surface area contributed by atoms with Gasteiger partial charge in [0.25, 0.3) is 0 Å². The van der Waals surface area contributed by atoms with Gasteiger partial charge in [-0.1, -0.05) is 12.8 Å². The molecule has 1 aliphatic carbocycles. The highest BCUT2D eigenvalue weighted by Crippen LogP contribution is 2.22. The highest BCUT2D eigenvalue weighted by molar-refractivity contribution is 5.78. The Hall–Kier alpha value is -0.610. The van der Waals surface area contributed by atoms with E-state index in [4.69, 9.17) is 10.9 Å². The second kappa shape index (κ2) is 3.69. The van der Waals surface area contributed by atoms with Gasteiger partial charge in [-0.05, 0) is 12.8 Å². The summed E-state index contributed by atoms with van der Waals surface area (Å²) in [5.74, 6) is -0.522. The second-order valence-electron chi connectivity index (χ2n) is 3.03. The number of carbonyl (C=O) groups excluding carboxylic acids is 1. The maximum atomic E-state index is 10.9. The molecule has 0 saturated heterocycles. The summed E-state index contributed by atoms with van der Waals surface area (Å²) in [5, 5.41) is 8.35. The number of hydrogen-bond donors (Lipinski definition) is 3. The zero-order valence-corrected chi connectivity index (χ0v) is 6.42. The molecule has 1 fully saturated rings. The Labute approximate surface area is 65.7 Å². The Balaban J connectivity index is 2.47. The van der Waals surface area contributed by atoms with Crippen LogP contribution in [0.15, 0.2) is 0 Å². The zero-order chi connectivity index (χ0) is 8.27. The molecule has 0 aromatic heterocycles. The molecule has 0 bridgehead atoms. The fraction of sp³-hybridized carbons (Fsp3) is 0.857. The normalized spacial score (nSPS) is 31.5. The predicted octanol–water partition coefficient (Wildman–Crippen LogP) is 0.00930. The van der Waals surface area contributed by atoms with Gasteiger partial charge in [0.2, 0.25) is 5.91 Å². The molecule has 0 spiro atoms. The van der Waals surface area contributed by atoms with Crippen molar-refractivity contribution in [3.8, 4) is 0 Å². The Bertz CT molecular complexity index is 149. The first-order chi connectivity index (χ1) is 5.25.